The van der Waals surface area contributed by atoms with Crippen LogP contribution in [-0.4, -0.2) is 34.3 Å². The second-order valence-corrected chi connectivity index (χ2v) is 6.98. The zero-order chi connectivity index (χ0) is 15.0. The first-order chi connectivity index (χ1) is 9.27. The molecule has 0 spiro atoms. The summed E-state index contributed by atoms with van der Waals surface area (Å²) in [7, 11) is -2.28. The van der Waals surface area contributed by atoms with E-state index in [1.54, 1.807) is 13.0 Å². The van der Waals surface area contributed by atoms with Gasteiger partial charge in [-0.2, -0.15) is 0 Å². The fourth-order valence-corrected chi connectivity index (χ4v) is 3.78. The largest absolute Gasteiger partial charge is 0.495 e. The number of hydrogen-bond donors (Lipinski definition) is 2. The first-order valence-electron chi connectivity index (χ1n) is 6.33. The average Bonchev–Trinajstić information content (AvgIpc) is 2.77. The molecule has 1 aromatic carbocycles. The number of hydrogen-bond acceptors (Lipinski definition) is 5. The Hall–Kier alpha value is -1.31. The van der Waals surface area contributed by atoms with Crippen LogP contribution in [0.4, 0.5) is 5.69 Å². The molecule has 7 heteroatoms. The van der Waals surface area contributed by atoms with Crippen molar-refractivity contribution >= 4 is 15.7 Å². The van der Waals surface area contributed by atoms with Gasteiger partial charge in [0, 0.05) is 12.3 Å². The molecule has 1 unspecified atom stereocenters. The Kier molecular flexibility index (Phi) is 3.95. The second-order valence-electron chi connectivity index (χ2n) is 5.33. The highest BCUT2D eigenvalue weighted by Crippen LogP contribution is 2.30. The summed E-state index contributed by atoms with van der Waals surface area (Å²) >= 11 is 0. The lowest BCUT2D eigenvalue weighted by Crippen LogP contribution is -2.46. The third-order valence-electron chi connectivity index (χ3n) is 3.44. The number of aryl methyl sites for hydroxylation is 1. The molecule has 1 aromatic rings. The van der Waals surface area contributed by atoms with E-state index in [2.05, 4.69) is 4.72 Å². The van der Waals surface area contributed by atoms with Gasteiger partial charge in [-0.15, -0.1) is 0 Å². The van der Waals surface area contributed by atoms with E-state index in [4.69, 9.17) is 15.2 Å². The van der Waals surface area contributed by atoms with Crippen LogP contribution >= 0.6 is 0 Å². The summed E-state index contributed by atoms with van der Waals surface area (Å²) < 4.78 is 38.2. The number of ether oxygens (including phenoxy) is 2. The summed E-state index contributed by atoms with van der Waals surface area (Å²) in [5, 5.41) is 0. The van der Waals surface area contributed by atoms with Crippen molar-refractivity contribution in [3.63, 3.8) is 0 Å². The van der Waals surface area contributed by atoms with Crippen molar-refractivity contribution in [3.8, 4) is 5.75 Å². The van der Waals surface area contributed by atoms with E-state index in [1.807, 2.05) is 6.92 Å². The van der Waals surface area contributed by atoms with E-state index in [0.29, 0.717) is 25.3 Å². The van der Waals surface area contributed by atoms with Crippen molar-refractivity contribution in [2.45, 2.75) is 30.7 Å². The summed E-state index contributed by atoms with van der Waals surface area (Å²) in [6, 6.07) is 3.05. The number of nitrogen functional groups attached to an aromatic ring is 1. The lowest BCUT2D eigenvalue weighted by Gasteiger charge is -2.24. The van der Waals surface area contributed by atoms with Crippen LogP contribution in [0.2, 0.25) is 0 Å². The van der Waals surface area contributed by atoms with E-state index in [1.165, 1.54) is 13.2 Å². The number of rotatable bonds is 4. The van der Waals surface area contributed by atoms with Crippen LogP contribution in [0.1, 0.15) is 18.9 Å². The standard InChI is InChI=1S/C13H20N2O4S/c1-9-6-11(18-3)12(7-10(9)14)20(16,17)15-13(2)4-5-19-8-13/h6-7,15H,4-5,8,14H2,1-3H3. The molecule has 3 N–H and O–H groups in total. The summed E-state index contributed by atoms with van der Waals surface area (Å²) in [5.74, 6) is 0.284. The predicted molar refractivity (Wildman–Crippen MR) is 76.3 cm³/mol. The Morgan fingerprint density at radius 1 is 1.45 bits per heavy atom. The maximum absolute atomic E-state index is 12.5. The minimum absolute atomic E-state index is 0.0521. The number of methoxy groups -OCH3 is 1. The zero-order valence-corrected chi connectivity index (χ0v) is 12.7. The maximum atomic E-state index is 12.5. The fourth-order valence-electron chi connectivity index (χ4n) is 2.17. The van der Waals surface area contributed by atoms with Crippen LogP contribution in [0.5, 0.6) is 5.75 Å². The number of anilines is 1. The molecular weight excluding hydrogens is 280 g/mol. The highest BCUT2D eigenvalue weighted by molar-refractivity contribution is 7.89. The predicted octanol–water partition coefficient (Wildman–Crippen LogP) is 1.04. The molecule has 20 heavy (non-hydrogen) atoms. The Morgan fingerprint density at radius 3 is 2.70 bits per heavy atom. The molecule has 0 amide bonds. The van der Waals surface area contributed by atoms with Crippen LogP contribution in [0, 0.1) is 6.92 Å². The molecule has 1 aliphatic heterocycles. The van der Waals surface area contributed by atoms with Crippen LogP contribution < -0.4 is 15.2 Å². The molecular formula is C13H20N2O4S. The van der Waals surface area contributed by atoms with Crippen molar-refractivity contribution in [2.24, 2.45) is 0 Å². The quantitative estimate of drug-likeness (QED) is 0.811. The normalized spacial score (nSPS) is 22.9. The minimum atomic E-state index is -3.72. The van der Waals surface area contributed by atoms with Crippen molar-refractivity contribution in [3.05, 3.63) is 17.7 Å². The van der Waals surface area contributed by atoms with Crippen LogP contribution in [0.15, 0.2) is 17.0 Å². The topological polar surface area (TPSA) is 90.7 Å². The molecule has 0 radical (unpaired) electrons. The van der Waals surface area contributed by atoms with Gasteiger partial charge in [0.1, 0.15) is 10.6 Å². The van der Waals surface area contributed by atoms with Crippen LogP contribution in [0.3, 0.4) is 0 Å². The van der Waals surface area contributed by atoms with E-state index in [9.17, 15) is 8.42 Å². The van der Waals surface area contributed by atoms with Crippen molar-refractivity contribution in [1.29, 1.82) is 0 Å². The SMILES string of the molecule is COc1cc(C)c(N)cc1S(=O)(=O)NC1(C)CCOC1. The van der Waals surface area contributed by atoms with Gasteiger partial charge in [0.05, 0.1) is 19.3 Å². The van der Waals surface area contributed by atoms with Crippen molar-refractivity contribution < 1.29 is 17.9 Å². The van der Waals surface area contributed by atoms with Gasteiger partial charge in [-0.25, -0.2) is 13.1 Å². The Bertz CT molecular complexity index is 607. The molecule has 0 aliphatic carbocycles. The highest BCUT2D eigenvalue weighted by atomic mass is 32.2. The Labute approximate surface area is 119 Å². The summed E-state index contributed by atoms with van der Waals surface area (Å²) in [5.41, 5.74) is 6.41. The molecule has 1 aliphatic rings. The molecule has 1 saturated heterocycles. The van der Waals surface area contributed by atoms with Gasteiger partial charge in [0.25, 0.3) is 0 Å². The van der Waals surface area contributed by atoms with Gasteiger partial charge in [-0.1, -0.05) is 0 Å². The fraction of sp³-hybridized carbons (Fsp3) is 0.538. The van der Waals surface area contributed by atoms with Gasteiger partial charge in [-0.05, 0) is 38.0 Å². The molecule has 0 bridgehead atoms. The number of nitrogens with one attached hydrogen (secondary N) is 1. The molecule has 2 rings (SSSR count). The third-order valence-corrected chi connectivity index (χ3v) is 5.10. The zero-order valence-electron chi connectivity index (χ0n) is 11.9. The molecule has 112 valence electrons. The molecule has 1 atom stereocenters. The smallest absolute Gasteiger partial charge is 0.244 e. The van der Waals surface area contributed by atoms with Crippen LogP contribution in [-0.2, 0) is 14.8 Å². The van der Waals surface area contributed by atoms with Gasteiger partial charge in [0.2, 0.25) is 10.0 Å². The molecule has 1 fully saturated rings. The molecule has 6 nitrogen and oxygen atoms in total. The average molecular weight is 300 g/mol. The summed E-state index contributed by atoms with van der Waals surface area (Å²) in [6.45, 7) is 4.53. The summed E-state index contributed by atoms with van der Waals surface area (Å²) in [4.78, 5) is 0.0521. The van der Waals surface area contributed by atoms with Gasteiger partial charge < -0.3 is 15.2 Å². The number of nitrogens with two attached hydrogens (primary N) is 1. The highest BCUT2D eigenvalue weighted by Gasteiger charge is 2.35. The summed E-state index contributed by atoms with van der Waals surface area (Å²) in [6.07, 6.45) is 0.635. The van der Waals surface area contributed by atoms with Crippen molar-refractivity contribution in [2.75, 3.05) is 26.1 Å². The maximum Gasteiger partial charge on any atom is 0.244 e. The number of sulfonamides is 1. The monoisotopic (exact) mass is 300 g/mol. The van der Waals surface area contributed by atoms with Gasteiger partial charge in [-0.3, -0.25) is 0 Å². The van der Waals surface area contributed by atoms with E-state index in [0.717, 1.165) is 5.56 Å². The number of benzene rings is 1. The Morgan fingerprint density at radius 2 is 2.15 bits per heavy atom. The third kappa shape index (κ3) is 2.89. The minimum Gasteiger partial charge on any atom is -0.495 e. The van der Waals surface area contributed by atoms with Crippen LogP contribution in [0.25, 0.3) is 0 Å². The van der Waals surface area contributed by atoms with Gasteiger partial charge in [0.15, 0.2) is 0 Å². The van der Waals surface area contributed by atoms with E-state index >= 15 is 0 Å². The lowest BCUT2D eigenvalue weighted by molar-refractivity contribution is 0.178. The molecule has 0 aromatic heterocycles. The van der Waals surface area contributed by atoms with Gasteiger partial charge >= 0.3 is 0 Å². The first-order valence-corrected chi connectivity index (χ1v) is 7.81. The Balaban J connectivity index is 2.41. The van der Waals surface area contributed by atoms with Crippen molar-refractivity contribution in [1.82, 2.24) is 4.72 Å². The second kappa shape index (κ2) is 5.23. The van der Waals surface area contributed by atoms with E-state index in [-0.39, 0.29) is 10.6 Å². The first kappa shape index (κ1) is 15.1. The lowest BCUT2D eigenvalue weighted by atomic mass is 10.0. The van der Waals surface area contributed by atoms with E-state index < -0.39 is 15.6 Å². The molecule has 1 heterocycles. The molecule has 0 saturated carbocycles.